The first-order chi connectivity index (χ1) is 9.56. The van der Waals surface area contributed by atoms with Crippen LogP contribution in [0.5, 0.6) is 0 Å². The minimum Gasteiger partial charge on any atom is -0.310 e. The molecule has 4 nitrogen and oxygen atoms in total. The topological polar surface area (TPSA) is 42.2 Å². The van der Waals surface area contributed by atoms with E-state index in [1.807, 2.05) is 23.7 Å². The Morgan fingerprint density at radius 1 is 1.25 bits per heavy atom. The first kappa shape index (κ1) is 15.0. The summed E-state index contributed by atoms with van der Waals surface area (Å²) in [5.41, 5.74) is 4.34. The van der Waals surface area contributed by atoms with Crippen LogP contribution < -0.4 is 5.32 Å². The Morgan fingerprint density at radius 2 is 1.95 bits per heavy atom. The van der Waals surface area contributed by atoms with E-state index in [0.29, 0.717) is 6.04 Å². The van der Waals surface area contributed by atoms with Gasteiger partial charge in [-0.05, 0) is 33.2 Å². The van der Waals surface area contributed by atoms with E-state index < -0.39 is 0 Å². The van der Waals surface area contributed by atoms with E-state index in [1.165, 1.54) is 24.1 Å². The molecule has 0 bridgehead atoms. The maximum Gasteiger partial charge on any atom is 0.155 e. The van der Waals surface area contributed by atoms with Gasteiger partial charge in [0, 0.05) is 29.6 Å². The van der Waals surface area contributed by atoms with Crippen molar-refractivity contribution >= 4 is 5.65 Å². The van der Waals surface area contributed by atoms with Gasteiger partial charge in [0.2, 0.25) is 0 Å². The van der Waals surface area contributed by atoms with Crippen LogP contribution in [0, 0.1) is 19.8 Å². The Hall–Kier alpha value is -1.42. The van der Waals surface area contributed by atoms with E-state index in [1.54, 1.807) is 0 Å². The van der Waals surface area contributed by atoms with Crippen LogP contribution in [0.2, 0.25) is 0 Å². The van der Waals surface area contributed by atoms with Crippen molar-refractivity contribution in [3.8, 4) is 0 Å². The minimum atomic E-state index is 0.303. The summed E-state index contributed by atoms with van der Waals surface area (Å²) in [6, 6.07) is 2.32. The summed E-state index contributed by atoms with van der Waals surface area (Å²) in [5.74, 6) is 0.751. The first-order valence-electron chi connectivity index (χ1n) is 7.62. The van der Waals surface area contributed by atoms with Gasteiger partial charge in [0.25, 0.3) is 0 Å². The number of rotatable bonds is 6. The third-order valence-corrected chi connectivity index (χ3v) is 4.22. The Bertz CT molecular complexity index is 569. The second-order valence-electron chi connectivity index (χ2n) is 5.67. The average Bonchev–Trinajstić information content (AvgIpc) is 2.81. The van der Waals surface area contributed by atoms with Gasteiger partial charge in [0.05, 0.1) is 5.69 Å². The fourth-order valence-corrected chi connectivity index (χ4v) is 2.63. The van der Waals surface area contributed by atoms with Gasteiger partial charge in [-0.1, -0.05) is 26.7 Å². The minimum absolute atomic E-state index is 0.303. The van der Waals surface area contributed by atoms with Crippen LogP contribution in [0.15, 0.2) is 12.3 Å². The third-order valence-electron chi connectivity index (χ3n) is 4.22. The molecule has 2 aromatic rings. The molecule has 2 heterocycles. The highest BCUT2D eigenvalue weighted by Crippen LogP contribution is 2.18. The molecule has 0 saturated carbocycles. The SMILES string of the molecule is CCC(CC)CNC(C)c1cnc2cc(C)nn2c1C. The van der Waals surface area contributed by atoms with Crippen LogP contribution in [0.3, 0.4) is 0 Å². The molecule has 0 spiro atoms. The van der Waals surface area contributed by atoms with Gasteiger partial charge in [-0.3, -0.25) is 0 Å². The molecule has 0 aromatic carbocycles. The lowest BCUT2D eigenvalue weighted by molar-refractivity contribution is 0.420. The van der Waals surface area contributed by atoms with Gasteiger partial charge in [0.1, 0.15) is 0 Å². The van der Waals surface area contributed by atoms with Gasteiger partial charge in [0.15, 0.2) is 5.65 Å². The summed E-state index contributed by atoms with van der Waals surface area (Å²) >= 11 is 0. The van der Waals surface area contributed by atoms with E-state index >= 15 is 0 Å². The summed E-state index contributed by atoms with van der Waals surface area (Å²) in [7, 11) is 0. The molecule has 0 aliphatic heterocycles. The molecule has 0 amide bonds. The Morgan fingerprint density at radius 3 is 2.60 bits per heavy atom. The van der Waals surface area contributed by atoms with Crippen molar-refractivity contribution in [1.29, 1.82) is 0 Å². The lowest BCUT2D eigenvalue weighted by Crippen LogP contribution is -2.26. The van der Waals surface area contributed by atoms with E-state index in [4.69, 9.17) is 0 Å². The fourth-order valence-electron chi connectivity index (χ4n) is 2.63. The van der Waals surface area contributed by atoms with E-state index in [-0.39, 0.29) is 0 Å². The molecule has 2 aromatic heterocycles. The highest BCUT2D eigenvalue weighted by molar-refractivity contribution is 5.42. The molecule has 4 heteroatoms. The number of nitrogens with one attached hydrogen (secondary N) is 1. The highest BCUT2D eigenvalue weighted by atomic mass is 15.3. The molecule has 110 valence electrons. The molecule has 1 atom stereocenters. The number of hydrogen-bond acceptors (Lipinski definition) is 3. The molecular weight excluding hydrogens is 248 g/mol. The van der Waals surface area contributed by atoms with Gasteiger partial charge < -0.3 is 5.32 Å². The second-order valence-corrected chi connectivity index (χ2v) is 5.67. The van der Waals surface area contributed by atoms with Crippen LogP contribution in [0.4, 0.5) is 0 Å². The summed E-state index contributed by atoms with van der Waals surface area (Å²) < 4.78 is 1.94. The van der Waals surface area contributed by atoms with E-state index in [2.05, 4.69) is 43.1 Å². The van der Waals surface area contributed by atoms with Crippen molar-refractivity contribution in [3.05, 3.63) is 29.2 Å². The smallest absolute Gasteiger partial charge is 0.155 e. The normalized spacial score (nSPS) is 13.3. The largest absolute Gasteiger partial charge is 0.310 e. The standard InChI is InChI=1S/C16H26N4/c1-6-14(7-2)9-17-12(4)15-10-18-16-8-11(3)19-20(16)13(15)5/h8,10,12,14,17H,6-7,9H2,1-5H3. The van der Waals surface area contributed by atoms with E-state index in [9.17, 15) is 0 Å². The number of aryl methyl sites for hydroxylation is 2. The second kappa shape index (κ2) is 6.35. The molecule has 1 N–H and O–H groups in total. The van der Waals surface area contributed by atoms with Crippen molar-refractivity contribution in [3.63, 3.8) is 0 Å². The van der Waals surface area contributed by atoms with Gasteiger partial charge in [-0.15, -0.1) is 0 Å². The molecule has 0 radical (unpaired) electrons. The van der Waals surface area contributed by atoms with Crippen molar-refractivity contribution in [2.24, 2.45) is 5.92 Å². The average molecular weight is 274 g/mol. The molecule has 0 saturated heterocycles. The van der Waals surface area contributed by atoms with Gasteiger partial charge >= 0.3 is 0 Å². The number of fused-ring (bicyclic) bond motifs is 1. The molecule has 0 fully saturated rings. The Balaban J connectivity index is 2.17. The zero-order chi connectivity index (χ0) is 14.7. The molecule has 2 rings (SSSR count). The van der Waals surface area contributed by atoms with Crippen molar-refractivity contribution in [2.75, 3.05) is 6.54 Å². The summed E-state index contributed by atoms with van der Waals surface area (Å²) in [6.45, 7) is 11.9. The van der Waals surface area contributed by atoms with Gasteiger partial charge in [-0.25, -0.2) is 9.50 Å². The Labute approximate surface area is 121 Å². The van der Waals surface area contributed by atoms with Crippen LogP contribution in [-0.4, -0.2) is 21.1 Å². The van der Waals surface area contributed by atoms with Gasteiger partial charge in [-0.2, -0.15) is 5.10 Å². The lowest BCUT2D eigenvalue weighted by atomic mass is 10.0. The van der Waals surface area contributed by atoms with Crippen LogP contribution in [0.1, 0.15) is 56.6 Å². The monoisotopic (exact) mass is 274 g/mol. The summed E-state index contributed by atoms with van der Waals surface area (Å²) in [6.07, 6.45) is 4.44. The van der Waals surface area contributed by atoms with Crippen LogP contribution in [-0.2, 0) is 0 Å². The van der Waals surface area contributed by atoms with Crippen molar-refractivity contribution in [2.45, 2.75) is 53.5 Å². The fraction of sp³-hybridized carbons (Fsp3) is 0.625. The zero-order valence-corrected chi connectivity index (χ0v) is 13.3. The molecule has 20 heavy (non-hydrogen) atoms. The first-order valence-corrected chi connectivity index (χ1v) is 7.62. The predicted molar refractivity (Wildman–Crippen MR) is 83.0 cm³/mol. The molecule has 0 aliphatic carbocycles. The van der Waals surface area contributed by atoms with E-state index in [0.717, 1.165) is 23.8 Å². The van der Waals surface area contributed by atoms with Crippen molar-refractivity contribution < 1.29 is 0 Å². The molecule has 1 unspecified atom stereocenters. The quantitative estimate of drug-likeness (QED) is 0.877. The number of nitrogens with zero attached hydrogens (tertiary/aromatic N) is 3. The lowest BCUT2D eigenvalue weighted by Gasteiger charge is -2.20. The van der Waals surface area contributed by atoms with Crippen LogP contribution in [0.25, 0.3) is 5.65 Å². The number of hydrogen-bond donors (Lipinski definition) is 1. The Kier molecular flexibility index (Phi) is 4.76. The highest BCUT2D eigenvalue weighted by Gasteiger charge is 2.14. The van der Waals surface area contributed by atoms with Crippen molar-refractivity contribution in [1.82, 2.24) is 19.9 Å². The molecule has 0 aliphatic rings. The maximum absolute atomic E-state index is 4.51. The summed E-state index contributed by atoms with van der Waals surface area (Å²) in [5, 5.41) is 8.14. The summed E-state index contributed by atoms with van der Waals surface area (Å²) in [4.78, 5) is 4.51. The number of aromatic nitrogens is 3. The predicted octanol–water partition coefficient (Wildman–Crippen LogP) is 3.43. The molecular formula is C16H26N4. The third kappa shape index (κ3) is 3.01. The van der Waals surface area contributed by atoms with Crippen LogP contribution >= 0.6 is 0 Å². The zero-order valence-electron chi connectivity index (χ0n) is 13.3. The maximum atomic E-state index is 4.51.